The lowest BCUT2D eigenvalue weighted by atomic mass is 9.96. The second-order valence-corrected chi connectivity index (χ2v) is 13.4. The molecule has 1 fully saturated rings. The van der Waals surface area contributed by atoms with E-state index in [2.05, 4.69) is 40.3 Å². The summed E-state index contributed by atoms with van der Waals surface area (Å²) in [5.74, 6) is -0.552. The van der Waals surface area contributed by atoms with Crippen molar-refractivity contribution in [2.45, 2.75) is 33.0 Å². The van der Waals surface area contributed by atoms with E-state index < -0.39 is 5.97 Å². The summed E-state index contributed by atoms with van der Waals surface area (Å²) < 4.78 is 0. The first-order valence-corrected chi connectivity index (χ1v) is 16.7. The number of pyridine rings is 2. The lowest BCUT2D eigenvalue weighted by Gasteiger charge is -2.17. The summed E-state index contributed by atoms with van der Waals surface area (Å²) >= 11 is 14.4. The van der Waals surface area contributed by atoms with Gasteiger partial charge in [-0.2, -0.15) is 0 Å². The maximum atomic E-state index is 12.1. The summed E-state index contributed by atoms with van der Waals surface area (Å²) in [6.45, 7) is 5.07. The molecule has 0 aliphatic carbocycles. The van der Waals surface area contributed by atoms with Crippen LogP contribution in [0.5, 0.6) is 0 Å². The van der Waals surface area contributed by atoms with E-state index >= 15 is 0 Å². The molecule has 5 aromatic rings. The molecule has 1 unspecified atom stereocenters. The van der Waals surface area contributed by atoms with Crippen molar-refractivity contribution in [2.75, 3.05) is 24.3 Å². The number of amides is 1. The van der Waals surface area contributed by atoms with Crippen molar-refractivity contribution in [3.05, 3.63) is 87.6 Å². The Labute approximate surface area is 279 Å². The second-order valence-electron chi connectivity index (χ2n) is 11.7. The number of nitrogens with one attached hydrogen (secondary N) is 1. The number of nitrogens with zero attached hydrogens (tertiary/aromatic N) is 5. The topological polar surface area (TPSA) is 112 Å². The first-order chi connectivity index (χ1) is 22.3. The Morgan fingerprint density at radius 3 is 2.67 bits per heavy atom. The van der Waals surface area contributed by atoms with Crippen LogP contribution < -0.4 is 5.32 Å². The minimum absolute atomic E-state index is 0.0254. The van der Waals surface area contributed by atoms with Gasteiger partial charge < -0.3 is 15.3 Å². The molecule has 3 aromatic heterocycles. The summed E-state index contributed by atoms with van der Waals surface area (Å²) in [6.07, 6.45) is 4.24. The Bertz CT molecular complexity index is 1980. The zero-order chi connectivity index (χ0) is 31.9. The number of benzene rings is 2. The van der Waals surface area contributed by atoms with Crippen molar-refractivity contribution in [3.8, 4) is 21.7 Å². The molecule has 234 valence electrons. The van der Waals surface area contributed by atoms with Crippen LogP contribution in [0.2, 0.25) is 5.02 Å². The number of likely N-dealkylation sites (tertiary alicyclic amines) is 1. The molecule has 1 atom stereocenters. The van der Waals surface area contributed by atoms with E-state index in [4.69, 9.17) is 33.2 Å². The lowest BCUT2D eigenvalue weighted by Crippen LogP contribution is -2.26. The molecule has 0 saturated carbocycles. The van der Waals surface area contributed by atoms with Gasteiger partial charge in [-0.25, -0.2) is 9.97 Å². The minimum Gasteiger partial charge on any atom is -0.481 e. The summed E-state index contributed by atoms with van der Waals surface area (Å²) in [5.41, 5.74) is 7.37. The van der Waals surface area contributed by atoms with Crippen LogP contribution in [-0.2, 0) is 29.2 Å². The van der Waals surface area contributed by atoms with Gasteiger partial charge in [0.25, 0.3) is 0 Å². The van der Waals surface area contributed by atoms with Gasteiger partial charge in [0, 0.05) is 46.9 Å². The van der Waals surface area contributed by atoms with Crippen LogP contribution in [0.3, 0.4) is 0 Å². The Morgan fingerprint density at radius 1 is 1.09 bits per heavy atom. The first kappa shape index (κ1) is 30.6. The Balaban J connectivity index is 1.13. The van der Waals surface area contributed by atoms with Gasteiger partial charge in [0.05, 0.1) is 35.4 Å². The van der Waals surface area contributed by atoms with Crippen LogP contribution in [0.4, 0.5) is 11.5 Å². The summed E-state index contributed by atoms with van der Waals surface area (Å²) in [6, 6.07) is 16.0. The van der Waals surface area contributed by atoms with E-state index in [-0.39, 0.29) is 17.7 Å². The van der Waals surface area contributed by atoms with Crippen molar-refractivity contribution in [3.63, 3.8) is 0 Å². The van der Waals surface area contributed by atoms with E-state index in [1.807, 2.05) is 36.5 Å². The largest absolute Gasteiger partial charge is 0.481 e. The Hall–Kier alpha value is -4.09. The predicted octanol–water partition coefficient (Wildman–Crippen LogP) is 7.11. The van der Waals surface area contributed by atoms with Gasteiger partial charge in [0.2, 0.25) is 5.91 Å². The number of anilines is 2. The fourth-order valence-corrected chi connectivity index (χ4v) is 7.87. The summed E-state index contributed by atoms with van der Waals surface area (Å²) in [4.78, 5) is 42.6. The van der Waals surface area contributed by atoms with E-state index in [0.717, 1.165) is 60.8 Å². The number of thiazole rings is 1. The molecule has 46 heavy (non-hydrogen) atoms. The summed E-state index contributed by atoms with van der Waals surface area (Å²) in [7, 11) is 0. The molecule has 2 N–H and O–H groups in total. The number of carbonyl (C=O) groups is 2. The van der Waals surface area contributed by atoms with E-state index in [0.29, 0.717) is 49.1 Å². The van der Waals surface area contributed by atoms with Crippen molar-refractivity contribution in [2.24, 2.45) is 5.92 Å². The molecule has 2 aromatic carbocycles. The van der Waals surface area contributed by atoms with E-state index in [1.165, 1.54) is 0 Å². The predicted molar refractivity (Wildman–Crippen MR) is 182 cm³/mol. The highest BCUT2D eigenvalue weighted by molar-refractivity contribution is 7.15. The number of carboxylic acids is 1. The highest BCUT2D eigenvalue weighted by Gasteiger charge is 2.29. The smallest absolute Gasteiger partial charge is 0.307 e. The fraction of sp³-hybridized carbons (Fsp3) is 0.265. The number of hydrogen-bond donors (Lipinski definition) is 2. The number of hydrogen-bond acceptors (Lipinski definition) is 8. The minimum atomic E-state index is -0.732. The molecular weight excluding hydrogens is 643 g/mol. The monoisotopic (exact) mass is 672 g/mol. The number of alkyl halides is 1. The number of halogens is 2. The molecule has 7 rings (SSSR count). The third kappa shape index (κ3) is 5.82. The van der Waals surface area contributed by atoms with Crippen molar-refractivity contribution >= 4 is 68.8 Å². The van der Waals surface area contributed by atoms with Gasteiger partial charge in [-0.1, -0.05) is 41.9 Å². The van der Waals surface area contributed by atoms with Crippen LogP contribution in [-0.4, -0.2) is 60.7 Å². The van der Waals surface area contributed by atoms with Crippen LogP contribution in [0.1, 0.15) is 28.1 Å². The van der Waals surface area contributed by atoms with E-state index in [9.17, 15) is 14.7 Å². The standard InChI is InChI=1S/C34H30Cl2N6O3S/c1-19-23(4-2-5-24(19)33-40-27-17-42(29(43)13-35)18-28(27)46-33)25-6-3-7-26(30(25)36)39-32-31-21(8-10-37-32)12-20(14-38-31)15-41-11-9-22(16-41)34(44)45/h2-8,10,12,14,22H,9,11,13,15-18H2,1H3,(H,37,39)(H,44,45). The third-order valence-electron chi connectivity index (χ3n) is 8.71. The molecule has 2 aliphatic heterocycles. The average Bonchev–Trinajstić information content (AvgIpc) is 3.78. The molecule has 12 heteroatoms. The number of rotatable bonds is 8. The second kappa shape index (κ2) is 12.6. The quantitative estimate of drug-likeness (QED) is 0.168. The molecule has 1 amide bonds. The zero-order valence-electron chi connectivity index (χ0n) is 25.0. The van der Waals surface area contributed by atoms with Gasteiger partial charge in [-0.15, -0.1) is 22.9 Å². The molecule has 5 heterocycles. The maximum Gasteiger partial charge on any atom is 0.307 e. The van der Waals surface area contributed by atoms with Gasteiger partial charge in [-0.05, 0) is 54.8 Å². The number of carbonyl (C=O) groups excluding carboxylic acids is 1. The third-order valence-corrected chi connectivity index (χ3v) is 10.5. The van der Waals surface area contributed by atoms with Crippen LogP contribution in [0, 0.1) is 12.8 Å². The maximum absolute atomic E-state index is 12.1. The molecular formula is C34H30Cl2N6O3S. The first-order valence-electron chi connectivity index (χ1n) is 15.0. The fourth-order valence-electron chi connectivity index (χ4n) is 6.26. The molecule has 2 aliphatic rings. The van der Waals surface area contributed by atoms with Crippen LogP contribution >= 0.6 is 34.5 Å². The molecule has 1 saturated heterocycles. The SMILES string of the molecule is Cc1c(-c2nc3c(s2)CN(C(=O)CCl)C3)cccc1-c1cccc(Nc2nccc3cc(CN4CCC(C(=O)O)C4)cnc23)c1Cl. The molecule has 0 bridgehead atoms. The molecule has 9 nitrogen and oxygen atoms in total. The van der Waals surface area contributed by atoms with E-state index in [1.54, 1.807) is 22.4 Å². The van der Waals surface area contributed by atoms with Crippen molar-refractivity contribution in [1.29, 1.82) is 0 Å². The highest BCUT2D eigenvalue weighted by atomic mass is 35.5. The Kier molecular flexibility index (Phi) is 8.37. The summed E-state index contributed by atoms with van der Waals surface area (Å²) in [5, 5.41) is 15.2. The molecule has 0 spiro atoms. The molecule has 0 radical (unpaired) electrons. The number of aromatic nitrogens is 3. The van der Waals surface area contributed by atoms with Crippen LogP contribution in [0.25, 0.3) is 32.6 Å². The zero-order valence-corrected chi connectivity index (χ0v) is 27.3. The van der Waals surface area contributed by atoms with Crippen molar-refractivity contribution < 1.29 is 14.7 Å². The van der Waals surface area contributed by atoms with Crippen molar-refractivity contribution in [1.82, 2.24) is 24.8 Å². The average molecular weight is 674 g/mol. The van der Waals surface area contributed by atoms with Gasteiger partial charge in [0.15, 0.2) is 5.82 Å². The number of aliphatic carboxylic acids is 1. The van der Waals surface area contributed by atoms with Crippen LogP contribution in [0.15, 0.2) is 60.9 Å². The van der Waals surface area contributed by atoms with Gasteiger partial charge >= 0.3 is 5.97 Å². The highest BCUT2D eigenvalue weighted by Crippen LogP contribution is 2.41. The van der Waals surface area contributed by atoms with Gasteiger partial charge in [0.1, 0.15) is 16.4 Å². The van der Waals surface area contributed by atoms with Gasteiger partial charge in [-0.3, -0.25) is 19.5 Å². The lowest BCUT2D eigenvalue weighted by molar-refractivity contribution is -0.141. The Morgan fingerprint density at radius 2 is 1.89 bits per heavy atom. The number of fused-ring (bicyclic) bond motifs is 2. The number of carboxylic acid groups (broad SMARTS) is 1. The normalized spacial score (nSPS) is 16.2.